The lowest BCUT2D eigenvalue weighted by Gasteiger charge is -2.24. The van der Waals surface area contributed by atoms with Gasteiger partial charge in [0.2, 0.25) is 11.8 Å². The summed E-state index contributed by atoms with van der Waals surface area (Å²) in [5.74, 6) is -1.25. The molecule has 12 heteroatoms. The average Bonchev–Trinajstić information content (AvgIpc) is 3.43. The topological polar surface area (TPSA) is 128 Å². The summed E-state index contributed by atoms with van der Waals surface area (Å²) in [4.78, 5) is 50.5. The van der Waals surface area contributed by atoms with E-state index in [-0.39, 0.29) is 23.8 Å². The van der Waals surface area contributed by atoms with Crippen molar-refractivity contribution >= 4 is 28.8 Å². The van der Waals surface area contributed by atoms with Crippen LogP contribution in [-0.4, -0.2) is 43.9 Å². The van der Waals surface area contributed by atoms with Gasteiger partial charge in [-0.2, -0.15) is 8.78 Å². The average molecular weight is 547 g/mol. The van der Waals surface area contributed by atoms with Gasteiger partial charge in [-0.15, -0.1) is 0 Å². The Labute approximate surface area is 226 Å². The summed E-state index contributed by atoms with van der Waals surface area (Å²) >= 11 is 0. The number of imide groups is 1. The third-order valence-electron chi connectivity index (χ3n) is 7.33. The highest BCUT2D eigenvalue weighted by atomic mass is 19.3. The third kappa shape index (κ3) is 4.30. The molecule has 0 spiro atoms. The number of halogens is 2. The molecule has 0 fully saturated rings. The lowest BCUT2D eigenvalue weighted by Crippen LogP contribution is -2.32. The normalized spacial score (nSPS) is 18.2. The van der Waals surface area contributed by atoms with Crippen molar-refractivity contribution in [3.8, 4) is 11.1 Å². The molecule has 10 nitrogen and oxygen atoms in total. The molecule has 3 atom stereocenters. The smallest absolute Gasteiger partial charge is 0.342 e. The first-order valence-electron chi connectivity index (χ1n) is 12.7. The van der Waals surface area contributed by atoms with Gasteiger partial charge in [-0.25, -0.2) is 15.0 Å². The van der Waals surface area contributed by atoms with Crippen molar-refractivity contribution in [3.05, 3.63) is 77.1 Å². The van der Waals surface area contributed by atoms with Gasteiger partial charge in [0.15, 0.2) is 0 Å². The number of para-hydroxylation sites is 2. The largest absolute Gasteiger partial charge is 0.345 e. The second kappa shape index (κ2) is 9.87. The van der Waals surface area contributed by atoms with Crippen LogP contribution >= 0.6 is 0 Å². The maximum Gasteiger partial charge on any atom is 0.345 e. The number of amides is 3. The van der Waals surface area contributed by atoms with E-state index in [4.69, 9.17) is 9.72 Å². The molecule has 6 rings (SSSR count). The standard InChI is InChI=1S/C28H24F2N6O4/c1-13(26(38)33-14(2)37)24-31-10-16(11-32-24)22-15(12-40-28(29)30)7-8-17-23(22)21-9-19(35-27(17)39)25-34-18-5-3-4-6-20(18)36(21)25/h3-8,10-11,13,19,21,28H,9,12H2,1-2H3,(H,35,39)(H,33,37,38)/t13?,19-,21-/m1/s1. The van der Waals surface area contributed by atoms with Gasteiger partial charge in [0.1, 0.15) is 11.6 Å². The number of hydrogen-bond donors (Lipinski definition) is 2. The Morgan fingerprint density at radius 2 is 1.93 bits per heavy atom. The summed E-state index contributed by atoms with van der Waals surface area (Å²) in [7, 11) is 0. The van der Waals surface area contributed by atoms with E-state index < -0.39 is 31.0 Å². The van der Waals surface area contributed by atoms with Crippen molar-refractivity contribution in [1.82, 2.24) is 30.2 Å². The molecule has 2 bridgehead atoms. The Kier molecular flexibility index (Phi) is 6.34. The number of carbonyl (C=O) groups is 3. The highest BCUT2D eigenvalue weighted by Gasteiger charge is 2.42. The van der Waals surface area contributed by atoms with E-state index in [0.29, 0.717) is 34.2 Å². The van der Waals surface area contributed by atoms with E-state index in [9.17, 15) is 23.2 Å². The van der Waals surface area contributed by atoms with Crippen molar-refractivity contribution in [3.63, 3.8) is 0 Å². The summed E-state index contributed by atoms with van der Waals surface area (Å²) in [6.07, 6.45) is 3.51. The lowest BCUT2D eigenvalue weighted by atomic mass is 9.87. The van der Waals surface area contributed by atoms with Gasteiger partial charge in [-0.05, 0) is 48.2 Å². The van der Waals surface area contributed by atoms with Crippen molar-refractivity contribution in [2.75, 3.05) is 0 Å². The second-order valence-corrected chi connectivity index (χ2v) is 9.84. The number of imidazole rings is 1. The predicted molar refractivity (Wildman–Crippen MR) is 138 cm³/mol. The third-order valence-corrected chi connectivity index (χ3v) is 7.33. The zero-order chi connectivity index (χ0) is 28.1. The summed E-state index contributed by atoms with van der Waals surface area (Å²) in [6, 6.07) is 10.2. The molecule has 2 aliphatic heterocycles. The van der Waals surface area contributed by atoms with Gasteiger partial charge in [0, 0.05) is 30.4 Å². The van der Waals surface area contributed by atoms with E-state index in [2.05, 4.69) is 25.2 Å². The van der Waals surface area contributed by atoms with Crippen molar-refractivity contribution in [1.29, 1.82) is 0 Å². The maximum atomic E-state index is 13.4. The molecule has 40 heavy (non-hydrogen) atoms. The fraction of sp³-hybridized carbons (Fsp3) is 0.286. The zero-order valence-electron chi connectivity index (χ0n) is 21.5. The molecule has 204 valence electrons. The number of ether oxygens (including phenoxy) is 1. The molecule has 2 aliphatic rings. The number of carbonyl (C=O) groups excluding carboxylic acids is 3. The van der Waals surface area contributed by atoms with E-state index in [1.807, 2.05) is 24.3 Å². The molecular weight excluding hydrogens is 522 g/mol. The van der Waals surface area contributed by atoms with Crippen LogP contribution in [0, 0.1) is 0 Å². The molecule has 2 aromatic heterocycles. The van der Waals surface area contributed by atoms with Crippen LogP contribution in [0.4, 0.5) is 8.78 Å². The number of nitrogens with zero attached hydrogens (tertiary/aromatic N) is 4. The molecule has 0 radical (unpaired) electrons. The van der Waals surface area contributed by atoms with Gasteiger partial charge < -0.3 is 14.6 Å². The van der Waals surface area contributed by atoms with E-state index in [1.165, 1.54) is 19.3 Å². The lowest BCUT2D eigenvalue weighted by molar-refractivity contribution is -0.137. The number of fused-ring (bicyclic) bond motifs is 9. The predicted octanol–water partition coefficient (Wildman–Crippen LogP) is 3.78. The first kappa shape index (κ1) is 25.7. The number of hydrogen-bond acceptors (Lipinski definition) is 7. The van der Waals surface area contributed by atoms with Gasteiger partial charge in [0.25, 0.3) is 5.91 Å². The van der Waals surface area contributed by atoms with Gasteiger partial charge in [-0.1, -0.05) is 18.2 Å². The number of rotatable bonds is 6. The summed E-state index contributed by atoms with van der Waals surface area (Å²) in [5, 5.41) is 5.28. The quantitative estimate of drug-likeness (QED) is 0.377. The molecule has 2 N–H and O–H groups in total. The fourth-order valence-electron chi connectivity index (χ4n) is 5.59. The molecular formula is C28H24F2N6O4. The van der Waals surface area contributed by atoms with Crippen molar-refractivity contribution < 1.29 is 27.9 Å². The van der Waals surface area contributed by atoms with Crippen LogP contribution in [0.2, 0.25) is 0 Å². The van der Waals surface area contributed by atoms with E-state index in [0.717, 1.165) is 16.9 Å². The first-order valence-corrected chi connectivity index (χ1v) is 12.7. The van der Waals surface area contributed by atoms with Crippen LogP contribution in [0.25, 0.3) is 22.2 Å². The van der Waals surface area contributed by atoms with Crippen LogP contribution in [0.3, 0.4) is 0 Å². The molecule has 4 heterocycles. The summed E-state index contributed by atoms with van der Waals surface area (Å²) < 4.78 is 33.0. The summed E-state index contributed by atoms with van der Waals surface area (Å²) in [6.45, 7) is -0.598. The minimum absolute atomic E-state index is 0.177. The Morgan fingerprint density at radius 3 is 2.65 bits per heavy atom. The monoisotopic (exact) mass is 546 g/mol. The minimum atomic E-state index is -2.99. The van der Waals surface area contributed by atoms with Crippen LogP contribution in [0.1, 0.15) is 71.4 Å². The Bertz CT molecular complexity index is 1670. The summed E-state index contributed by atoms with van der Waals surface area (Å²) in [5.41, 5.74) is 4.13. The molecule has 0 aliphatic carbocycles. The van der Waals surface area contributed by atoms with Gasteiger partial charge in [0.05, 0.1) is 35.6 Å². The Hall–Kier alpha value is -4.58. The molecule has 4 aromatic rings. The van der Waals surface area contributed by atoms with Crippen molar-refractivity contribution in [2.24, 2.45) is 0 Å². The molecule has 0 saturated carbocycles. The minimum Gasteiger partial charge on any atom is -0.342 e. The number of aromatic nitrogens is 4. The second-order valence-electron chi connectivity index (χ2n) is 9.84. The number of benzene rings is 2. The molecule has 1 unspecified atom stereocenters. The van der Waals surface area contributed by atoms with Crippen LogP contribution in [-0.2, 0) is 20.9 Å². The highest BCUT2D eigenvalue weighted by Crippen LogP contribution is 2.48. The number of nitrogens with one attached hydrogen (secondary N) is 2. The Morgan fingerprint density at radius 1 is 1.18 bits per heavy atom. The Balaban J connectivity index is 1.52. The van der Waals surface area contributed by atoms with Crippen LogP contribution in [0.15, 0.2) is 48.8 Å². The molecule has 0 saturated heterocycles. The maximum absolute atomic E-state index is 13.4. The highest BCUT2D eigenvalue weighted by molar-refractivity contribution is 6.00. The molecule has 3 amide bonds. The van der Waals surface area contributed by atoms with Crippen molar-refractivity contribution in [2.45, 2.75) is 51.5 Å². The van der Waals surface area contributed by atoms with Gasteiger partial charge >= 0.3 is 6.61 Å². The number of alkyl halides is 2. The fourth-order valence-corrected chi connectivity index (χ4v) is 5.59. The van der Waals surface area contributed by atoms with Gasteiger partial charge in [-0.3, -0.25) is 19.7 Å². The zero-order valence-corrected chi connectivity index (χ0v) is 21.5. The van der Waals surface area contributed by atoms with E-state index >= 15 is 0 Å². The first-order chi connectivity index (χ1) is 19.2. The van der Waals surface area contributed by atoms with Crippen LogP contribution in [0.5, 0.6) is 0 Å². The van der Waals surface area contributed by atoms with E-state index in [1.54, 1.807) is 19.1 Å². The van der Waals surface area contributed by atoms with Crippen LogP contribution < -0.4 is 10.6 Å². The molecule has 2 aromatic carbocycles. The SMILES string of the molecule is CC(=O)NC(=O)C(C)c1ncc(-c2c(COC(F)F)ccc3c2[C@H]2C[C@@H](NC3=O)c3nc4ccccc4n32)cn1.